The van der Waals surface area contributed by atoms with Crippen LogP contribution in [0, 0.1) is 17.2 Å². The lowest BCUT2D eigenvalue weighted by molar-refractivity contribution is 0.205. The van der Waals surface area contributed by atoms with Gasteiger partial charge < -0.3 is 24.7 Å². The molecule has 3 N–H and O–H groups in total. The molecule has 0 radical (unpaired) electrons. The van der Waals surface area contributed by atoms with E-state index in [1.165, 1.54) is 12.3 Å². The number of amides is 1. The molecule has 5 rings (SSSR count). The predicted octanol–water partition coefficient (Wildman–Crippen LogP) is 6.15. The quantitative estimate of drug-likeness (QED) is 0.145. The Labute approximate surface area is 265 Å². The number of hydrogen-bond acceptors (Lipinski definition) is 9. The number of primary amides is 1. The van der Waals surface area contributed by atoms with Crippen LogP contribution in [-0.4, -0.2) is 63.3 Å². The van der Waals surface area contributed by atoms with E-state index in [9.17, 15) is 9.18 Å². The number of fused-ring (bicyclic) bond motifs is 1. The van der Waals surface area contributed by atoms with Gasteiger partial charge in [-0.05, 0) is 67.7 Å². The summed E-state index contributed by atoms with van der Waals surface area (Å²) in [7, 11) is 1.64. The molecule has 13 heteroatoms. The molecule has 2 aliphatic carbocycles. The number of rotatable bonds is 11. The van der Waals surface area contributed by atoms with E-state index in [-0.39, 0.29) is 11.7 Å². The number of nitrogens with one attached hydrogen (secondary N) is 1. The SMILES string of the molecule is C=CC1CCC(Cn2c(N(CC=C3C=CC(F)=CC3)CCOC)nc3nc(C(=N)OC(N)=O)nc(-c4cncc(Cl)c4)c32)CC1. The zero-order valence-corrected chi connectivity index (χ0v) is 25.8. The van der Waals surface area contributed by atoms with Gasteiger partial charge in [0.25, 0.3) is 5.90 Å². The van der Waals surface area contributed by atoms with Crippen LogP contribution in [0.1, 0.15) is 37.9 Å². The van der Waals surface area contributed by atoms with Crippen LogP contribution >= 0.6 is 11.6 Å². The van der Waals surface area contributed by atoms with E-state index in [0.717, 1.165) is 31.3 Å². The minimum atomic E-state index is -1.15. The van der Waals surface area contributed by atoms with Crippen LogP contribution in [0.15, 0.2) is 66.8 Å². The van der Waals surface area contributed by atoms with E-state index >= 15 is 0 Å². The average Bonchev–Trinajstić information content (AvgIpc) is 3.39. The van der Waals surface area contributed by atoms with E-state index in [1.54, 1.807) is 31.5 Å². The van der Waals surface area contributed by atoms with Crippen LogP contribution in [-0.2, 0) is 16.0 Å². The summed E-state index contributed by atoms with van der Waals surface area (Å²) in [6, 6.07) is 1.72. The number of allylic oxidation sites excluding steroid dienone is 6. The third-order valence-electron chi connectivity index (χ3n) is 8.04. The van der Waals surface area contributed by atoms with Crippen molar-refractivity contribution in [3.8, 4) is 11.3 Å². The van der Waals surface area contributed by atoms with Crippen molar-refractivity contribution in [2.24, 2.45) is 17.6 Å². The number of pyridine rings is 1. The van der Waals surface area contributed by atoms with Crippen molar-refractivity contribution >= 4 is 40.7 Å². The molecule has 0 spiro atoms. The van der Waals surface area contributed by atoms with Gasteiger partial charge in [-0.2, -0.15) is 4.98 Å². The molecular formula is C32H36ClFN8O3. The maximum absolute atomic E-state index is 13.6. The fraction of sp³-hybridized carbons (Fsp3) is 0.375. The van der Waals surface area contributed by atoms with Gasteiger partial charge in [0.1, 0.15) is 17.0 Å². The first kappa shape index (κ1) is 32.0. The molecule has 0 aliphatic heterocycles. The van der Waals surface area contributed by atoms with Gasteiger partial charge in [0.05, 0.1) is 11.6 Å². The number of ether oxygens (including phenoxy) is 2. The molecule has 0 unspecified atom stereocenters. The Morgan fingerprint density at radius 3 is 2.71 bits per heavy atom. The molecule has 0 atom stereocenters. The Morgan fingerprint density at radius 1 is 1.24 bits per heavy atom. The molecule has 45 heavy (non-hydrogen) atoms. The fourth-order valence-corrected chi connectivity index (χ4v) is 5.86. The summed E-state index contributed by atoms with van der Waals surface area (Å²) in [6.45, 7) is 6.04. The van der Waals surface area contributed by atoms with Crippen molar-refractivity contribution < 1.29 is 18.7 Å². The number of carbonyl (C=O) groups excluding carboxylic acids is 1. The Hall–Kier alpha value is -4.42. The number of imidazole rings is 1. The van der Waals surface area contributed by atoms with Crippen LogP contribution in [0.5, 0.6) is 0 Å². The number of hydrogen-bond donors (Lipinski definition) is 2. The maximum atomic E-state index is 13.6. The number of methoxy groups -OCH3 is 1. The summed E-state index contributed by atoms with van der Waals surface area (Å²) in [6.07, 6.45) is 15.5. The van der Waals surface area contributed by atoms with Crippen molar-refractivity contribution in [2.75, 3.05) is 31.7 Å². The first-order chi connectivity index (χ1) is 21.7. The summed E-state index contributed by atoms with van der Waals surface area (Å²) in [5.74, 6) is 0.477. The predicted molar refractivity (Wildman–Crippen MR) is 172 cm³/mol. The molecule has 3 aromatic heterocycles. The minimum absolute atomic E-state index is 0.161. The van der Waals surface area contributed by atoms with Gasteiger partial charge in [0, 0.05) is 44.7 Å². The Bertz CT molecular complexity index is 1680. The molecule has 2 aliphatic rings. The molecule has 11 nitrogen and oxygen atoms in total. The normalized spacial score (nSPS) is 19.0. The van der Waals surface area contributed by atoms with Gasteiger partial charge in [-0.3, -0.25) is 10.4 Å². The van der Waals surface area contributed by atoms with Gasteiger partial charge in [0.15, 0.2) is 5.65 Å². The topological polar surface area (TPSA) is 145 Å². The highest BCUT2D eigenvalue weighted by atomic mass is 35.5. The van der Waals surface area contributed by atoms with Crippen LogP contribution in [0.25, 0.3) is 22.4 Å². The smallest absolute Gasteiger partial charge is 0.388 e. The summed E-state index contributed by atoms with van der Waals surface area (Å²) >= 11 is 6.35. The third-order valence-corrected chi connectivity index (χ3v) is 8.25. The molecule has 3 aromatic rings. The summed E-state index contributed by atoms with van der Waals surface area (Å²) < 4.78 is 26.0. The molecule has 3 heterocycles. The Kier molecular flexibility index (Phi) is 10.4. The molecule has 1 amide bonds. The van der Waals surface area contributed by atoms with Gasteiger partial charge in [-0.1, -0.05) is 29.8 Å². The molecule has 236 valence electrons. The van der Waals surface area contributed by atoms with Crippen LogP contribution < -0.4 is 10.6 Å². The second kappa shape index (κ2) is 14.6. The van der Waals surface area contributed by atoms with Crippen molar-refractivity contribution in [2.45, 2.75) is 38.6 Å². The second-order valence-corrected chi connectivity index (χ2v) is 11.5. The standard InChI is InChI=1S/C32H36ClFN8O3/c1-3-20-4-6-22(7-5-20)19-42-27-26(23-16-24(33)18-37-17-23)38-30(28(35)45-31(36)43)39-29(27)40-32(42)41(14-15-44-2)13-12-21-8-10-25(34)11-9-21/h3,8,10-12,16-18,20,22,35H,1,4-7,9,13-15,19H2,2H3,(H2,36,43). The van der Waals surface area contributed by atoms with Crippen molar-refractivity contribution in [3.05, 3.63) is 77.7 Å². The average molecular weight is 635 g/mol. The number of anilines is 1. The summed E-state index contributed by atoms with van der Waals surface area (Å²) in [5.41, 5.74) is 8.12. The Balaban J connectivity index is 1.67. The van der Waals surface area contributed by atoms with E-state index in [4.69, 9.17) is 37.2 Å². The summed E-state index contributed by atoms with van der Waals surface area (Å²) in [4.78, 5) is 32.0. The number of nitrogens with two attached hydrogens (primary N) is 1. The lowest BCUT2D eigenvalue weighted by atomic mass is 9.82. The number of carbonyl (C=O) groups is 1. The Morgan fingerprint density at radius 2 is 2.04 bits per heavy atom. The molecule has 0 bridgehead atoms. The van der Waals surface area contributed by atoms with Crippen LogP contribution in [0.4, 0.5) is 15.1 Å². The van der Waals surface area contributed by atoms with E-state index < -0.39 is 12.0 Å². The van der Waals surface area contributed by atoms with Gasteiger partial charge >= 0.3 is 6.09 Å². The zero-order chi connectivity index (χ0) is 31.9. The van der Waals surface area contributed by atoms with Crippen LogP contribution in [0.2, 0.25) is 5.02 Å². The maximum Gasteiger partial charge on any atom is 0.411 e. The van der Waals surface area contributed by atoms with Gasteiger partial charge in [0.2, 0.25) is 11.8 Å². The highest BCUT2D eigenvalue weighted by molar-refractivity contribution is 6.30. The number of aromatic nitrogens is 5. The number of nitrogens with zero attached hydrogens (tertiary/aromatic N) is 6. The minimum Gasteiger partial charge on any atom is -0.388 e. The largest absolute Gasteiger partial charge is 0.411 e. The molecular weight excluding hydrogens is 599 g/mol. The lowest BCUT2D eigenvalue weighted by Crippen LogP contribution is -2.31. The number of halogens is 2. The third kappa shape index (κ3) is 7.81. The van der Waals surface area contributed by atoms with E-state index in [1.807, 2.05) is 12.2 Å². The first-order valence-corrected chi connectivity index (χ1v) is 15.2. The monoisotopic (exact) mass is 634 g/mol. The highest BCUT2D eigenvalue weighted by Crippen LogP contribution is 2.36. The molecule has 1 saturated carbocycles. The van der Waals surface area contributed by atoms with E-state index in [2.05, 4.69) is 31.0 Å². The van der Waals surface area contributed by atoms with Crippen molar-refractivity contribution in [1.29, 1.82) is 5.41 Å². The highest BCUT2D eigenvalue weighted by Gasteiger charge is 2.28. The summed E-state index contributed by atoms with van der Waals surface area (Å²) in [5, 5.41) is 8.70. The van der Waals surface area contributed by atoms with Crippen molar-refractivity contribution in [1.82, 2.24) is 24.5 Å². The molecule has 0 aromatic carbocycles. The van der Waals surface area contributed by atoms with Crippen LogP contribution in [0.3, 0.4) is 0 Å². The van der Waals surface area contributed by atoms with Gasteiger partial charge in [-0.15, -0.1) is 6.58 Å². The zero-order valence-electron chi connectivity index (χ0n) is 25.1. The first-order valence-electron chi connectivity index (χ1n) is 14.8. The molecule has 0 saturated heterocycles. The van der Waals surface area contributed by atoms with Crippen molar-refractivity contribution in [3.63, 3.8) is 0 Å². The van der Waals surface area contributed by atoms with Gasteiger partial charge in [-0.25, -0.2) is 19.2 Å². The second-order valence-electron chi connectivity index (χ2n) is 11.1. The lowest BCUT2D eigenvalue weighted by Gasteiger charge is -2.29. The molecule has 1 fully saturated rings. The van der Waals surface area contributed by atoms with E-state index in [0.29, 0.717) is 77.9 Å². The fourth-order valence-electron chi connectivity index (χ4n) is 5.69.